The van der Waals surface area contributed by atoms with Gasteiger partial charge in [0.25, 0.3) is 0 Å². The first-order valence-corrected chi connectivity index (χ1v) is 16.3. The van der Waals surface area contributed by atoms with Gasteiger partial charge < -0.3 is 4.90 Å². The van der Waals surface area contributed by atoms with Crippen LogP contribution >= 0.6 is 0 Å². The number of allylic oxidation sites excluding steroid dienone is 1. The third-order valence-electron chi connectivity index (χ3n) is 10.1. The number of fused-ring (bicyclic) bond motifs is 6. The number of carbonyl (C=O) groups excluding carboxylic acids is 2. The van der Waals surface area contributed by atoms with Crippen LogP contribution in [0.15, 0.2) is 151 Å². The summed E-state index contributed by atoms with van der Waals surface area (Å²) in [5, 5.41) is 4.65. The molecule has 7 aromatic rings. The summed E-state index contributed by atoms with van der Waals surface area (Å²) in [7, 11) is 0. The van der Waals surface area contributed by atoms with E-state index in [0.717, 1.165) is 38.8 Å². The lowest BCUT2D eigenvalue weighted by atomic mass is 9.71. The Hall–Kier alpha value is -6.06. The third-order valence-corrected chi connectivity index (χ3v) is 10.1. The Kier molecular flexibility index (Phi) is 6.15. The van der Waals surface area contributed by atoms with E-state index in [-0.39, 0.29) is 22.6 Å². The van der Waals surface area contributed by atoms with E-state index in [9.17, 15) is 9.59 Å². The average Bonchev–Trinajstić information content (AvgIpc) is 3.35. The van der Waals surface area contributed by atoms with Crippen molar-refractivity contribution in [3.05, 3.63) is 179 Å². The van der Waals surface area contributed by atoms with Crippen LogP contribution in [0.1, 0.15) is 51.3 Å². The Balaban J connectivity index is 1.17. The fourth-order valence-electron chi connectivity index (χ4n) is 7.73. The number of para-hydroxylation sites is 1. The van der Waals surface area contributed by atoms with Crippen molar-refractivity contribution in [1.82, 2.24) is 0 Å². The molecule has 0 unspecified atom stereocenters. The van der Waals surface area contributed by atoms with Gasteiger partial charge in [-0.2, -0.15) is 0 Å². The summed E-state index contributed by atoms with van der Waals surface area (Å²) in [6, 6.07) is 49.9. The molecule has 1 aliphatic heterocycles. The molecule has 0 amide bonds. The molecule has 3 nitrogen and oxygen atoms in total. The van der Waals surface area contributed by atoms with Crippen molar-refractivity contribution in [3.8, 4) is 11.1 Å². The number of hydrogen-bond donors (Lipinski definition) is 0. The van der Waals surface area contributed by atoms with E-state index in [1.165, 1.54) is 27.6 Å². The van der Waals surface area contributed by atoms with E-state index < -0.39 is 0 Å². The molecule has 7 aromatic carbocycles. The molecule has 0 bridgehead atoms. The topological polar surface area (TPSA) is 37.4 Å². The summed E-state index contributed by atoms with van der Waals surface area (Å²) in [5.74, 6) is -0.439. The third kappa shape index (κ3) is 4.21. The highest BCUT2D eigenvalue weighted by atomic mass is 16.2. The van der Waals surface area contributed by atoms with Crippen molar-refractivity contribution in [2.45, 2.75) is 19.3 Å². The van der Waals surface area contributed by atoms with Crippen molar-refractivity contribution in [1.29, 1.82) is 0 Å². The van der Waals surface area contributed by atoms with Crippen LogP contribution < -0.4 is 4.90 Å². The Morgan fingerprint density at radius 2 is 1.23 bits per heavy atom. The first-order chi connectivity index (χ1) is 23.4. The number of benzene rings is 7. The van der Waals surface area contributed by atoms with Gasteiger partial charge >= 0.3 is 0 Å². The molecule has 0 aromatic heterocycles. The highest BCUT2D eigenvalue weighted by Crippen LogP contribution is 2.54. The maximum Gasteiger partial charge on any atom is 0.197 e. The maximum atomic E-state index is 13.6. The van der Waals surface area contributed by atoms with Crippen LogP contribution in [0, 0.1) is 0 Å². The highest BCUT2D eigenvalue weighted by Gasteiger charge is 2.39. The molecule has 0 fully saturated rings. The summed E-state index contributed by atoms with van der Waals surface area (Å²) < 4.78 is 0. The van der Waals surface area contributed by atoms with Crippen molar-refractivity contribution in [2.75, 3.05) is 4.90 Å². The summed E-state index contributed by atoms with van der Waals surface area (Å²) in [6.07, 6.45) is 1.76. The monoisotopic (exact) mass is 617 g/mol. The smallest absolute Gasteiger partial charge is 0.197 e. The summed E-state index contributed by atoms with van der Waals surface area (Å²) in [5.41, 5.74) is 9.59. The van der Waals surface area contributed by atoms with Crippen LogP contribution in [0.5, 0.6) is 0 Å². The quantitative estimate of drug-likeness (QED) is 0.146. The number of carbonyl (C=O) groups is 2. The molecule has 9 rings (SSSR count). The first-order valence-electron chi connectivity index (χ1n) is 16.3. The van der Waals surface area contributed by atoms with Gasteiger partial charge in [0.2, 0.25) is 0 Å². The molecule has 2 aliphatic rings. The lowest BCUT2D eigenvalue weighted by Gasteiger charge is -2.43. The first kappa shape index (κ1) is 28.2. The summed E-state index contributed by atoms with van der Waals surface area (Å²) in [4.78, 5) is 29.5. The second kappa shape index (κ2) is 10.5. The van der Waals surface area contributed by atoms with Gasteiger partial charge in [0.1, 0.15) is 0 Å². The predicted octanol–water partition coefficient (Wildman–Crippen LogP) is 11.2. The van der Waals surface area contributed by atoms with E-state index >= 15 is 0 Å². The molecule has 3 heteroatoms. The van der Waals surface area contributed by atoms with Gasteiger partial charge in [0.15, 0.2) is 11.6 Å². The van der Waals surface area contributed by atoms with Gasteiger partial charge in [-0.3, -0.25) is 9.59 Å². The number of ketones is 2. The molecule has 0 saturated heterocycles. The number of hydrogen-bond acceptors (Lipinski definition) is 3. The number of Topliss-reactive ketones (excluding diaryl/α,β-unsaturated/α-hetero) is 2. The van der Waals surface area contributed by atoms with Crippen LogP contribution in [-0.4, -0.2) is 11.6 Å². The molecule has 0 radical (unpaired) electrons. The fourth-order valence-corrected chi connectivity index (χ4v) is 7.73. The van der Waals surface area contributed by atoms with Gasteiger partial charge in [-0.15, -0.1) is 0 Å². The minimum Gasteiger partial charge on any atom is -0.310 e. The maximum absolute atomic E-state index is 13.6. The number of nitrogens with zero attached hydrogens (tertiary/aromatic N) is 1. The highest BCUT2D eigenvalue weighted by molar-refractivity contribution is 6.41. The molecule has 0 saturated carbocycles. The molecular formula is C45H31NO2. The summed E-state index contributed by atoms with van der Waals surface area (Å²) >= 11 is 0. The van der Waals surface area contributed by atoms with Gasteiger partial charge in [-0.1, -0.05) is 111 Å². The molecule has 0 N–H and O–H groups in total. The average molecular weight is 618 g/mol. The Morgan fingerprint density at radius 1 is 0.542 bits per heavy atom. The van der Waals surface area contributed by atoms with Crippen molar-refractivity contribution in [2.24, 2.45) is 0 Å². The number of rotatable bonds is 3. The molecule has 1 aliphatic carbocycles. The van der Waals surface area contributed by atoms with E-state index in [4.69, 9.17) is 0 Å². The Bertz CT molecular complexity index is 2510. The molecule has 228 valence electrons. The zero-order valence-electron chi connectivity index (χ0n) is 26.7. The standard InChI is InChI=1S/C45H31NO2/c1-45(2)39-26-30-13-9-10-14-31(30)27-41(39)46(34-15-7-4-8-16-34)40-22-19-33-23-28(17-20-35(33)42(40)45)24-38-43(47)36-21-18-32(25-37(36)44(38)48)29-11-5-3-6-12-29/h3-27H,1-2H3/b38-24-. The van der Waals surface area contributed by atoms with E-state index in [0.29, 0.717) is 11.1 Å². The minimum absolute atomic E-state index is 0.212. The molecule has 1 heterocycles. The SMILES string of the molecule is CC1(C)c2cc3ccccc3cc2N(c2ccccc2)c2ccc3cc(/C=C4/C(=O)c5ccc(-c6ccccc6)cc5C4=O)ccc3c21. The molecule has 0 atom stereocenters. The largest absolute Gasteiger partial charge is 0.310 e. The zero-order valence-corrected chi connectivity index (χ0v) is 26.7. The van der Waals surface area contributed by atoms with E-state index in [2.05, 4.69) is 110 Å². The Morgan fingerprint density at radius 3 is 2.00 bits per heavy atom. The van der Waals surface area contributed by atoms with Crippen LogP contribution in [0.25, 0.3) is 38.7 Å². The van der Waals surface area contributed by atoms with Crippen LogP contribution in [0.4, 0.5) is 17.1 Å². The summed E-state index contributed by atoms with van der Waals surface area (Å²) in [6.45, 7) is 4.63. The predicted molar refractivity (Wildman–Crippen MR) is 197 cm³/mol. The van der Waals surface area contributed by atoms with Crippen LogP contribution in [0.3, 0.4) is 0 Å². The zero-order chi connectivity index (χ0) is 32.6. The Labute approximate surface area is 279 Å². The molecular weight excluding hydrogens is 587 g/mol. The van der Waals surface area contributed by atoms with Crippen LogP contribution in [-0.2, 0) is 5.41 Å². The van der Waals surface area contributed by atoms with Crippen molar-refractivity contribution < 1.29 is 9.59 Å². The van der Waals surface area contributed by atoms with Crippen molar-refractivity contribution >= 4 is 56.2 Å². The fraction of sp³-hybridized carbons (Fsp3) is 0.0667. The normalized spacial score (nSPS) is 15.5. The number of anilines is 3. The van der Waals surface area contributed by atoms with Crippen molar-refractivity contribution in [3.63, 3.8) is 0 Å². The lowest BCUT2D eigenvalue weighted by molar-refractivity contribution is 0.0990. The van der Waals surface area contributed by atoms with Gasteiger partial charge in [0, 0.05) is 22.2 Å². The molecule has 0 spiro atoms. The molecule has 48 heavy (non-hydrogen) atoms. The second-order valence-electron chi connectivity index (χ2n) is 13.3. The minimum atomic E-state index is -0.297. The van der Waals surface area contributed by atoms with Gasteiger partial charge in [0.05, 0.1) is 16.9 Å². The van der Waals surface area contributed by atoms with Gasteiger partial charge in [-0.25, -0.2) is 0 Å². The lowest BCUT2D eigenvalue weighted by Crippen LogP contribution is -2.31. The van der Waals surface area contributed by atoms with E-state index in [1.807, 2.05) is 48.5 Å². The van der Waals surface area contributed by atoms with Crippen LogP contribution in [0.2, 0.25) is 0 Å². The van der Waals surface area contributed by atoms with Gasteiger partial charge in [-0.05, 0) is 104 Å². The van der Waals surface area contributed by atoms with E-state index in [1.54, 1.807) is 12.1 Å². The second-order valence-corrected chi connectivity index (χ2v) is 13.3.